The fraction of sp³-hybridized carbons (Fsp3) is 0.294. The van der Waals surface area contributed by atoms with Crippen LogP contribution in [0.15, 0.2) is 42.5 Å². The van der Waals surface area contributed by atoms with Crippen molar-refractivity contribution >= 4 is 11.6 Å². The summed E-state index contributed by atoms with van der Waals surface area (Å²) in [5, 5.41) is 3.82. The highest BCUT2D eigenvalue weighted by Crippen LogP contribution is 2.28. The molecule has 0 heterocycles. The van der Waals surface area contributed by atoms with Crippen LogP contribution in [0.4, 0.5) is 4.39 Å². The zero-order valence-electron chi connectivity index (χ0n) is 12.2. The van der Waals surface area contributed by atoms with Gasteiger partial charge in [-0.3, -0.25) is 0 Å². The number of ether oxygens (including phenoxy) is 1. The molecule has 2 aromatic rings. The molecule has 0 aliphatic rings. The van der Waals surface area contributed by atoms with Gasteiger partial charge >= 0.3 is 0 Å². The van der Waals surface area contributed by atoms with Crippen molar-refractivity contribution in [2.45, 2.75) is 19.9 Å². The van der Waals surface area contributed by atoms with E-state index < -0.39 is 0 Å². The Balaban J connectivity index is 2.35. The van der Waals surface area contributed by atoms with Gasteiger partial charge in [-0.25, -0.2) is 4.39 Å². The van der Waals surface area contributed by atoms with Gasteiger partial charge in [-0.15, -0.1) is 0 Å². The Hall–Kier alpha value is -1.58. The van der Waals surface area contributed by atoms with Gasteiger partial charge in [0.15, 0.2) is 0 Å². The fourth-order valence-corrected chi connectivity index (χ4v) is 2.45. The Bertz CT molecular complexity index is 586. The van der Waals surface area contributed by atoms with Crippen molar-refractivity contribution in [2.75, 3.05) is 13.2 Å². The van der Waals surface area contributed by atoms with E-state index in [-0.39, 0.29) is 11.9 Å². The highest BCUT2D eigenvalue weighted by Gasteiger charge is 2.17. The van der Waals surface area contributed by atoms with Gasteiger partial charge in [-0.05, 0) is 49.4 Å². The second-order valence-corrected chi connectivity index (χ2v) is 5.10. The lowest BCUT2D eigenvalue weighted by Crippen LogP contribution is -2.23. The first kappa shape index (κ1) is 15.8. The van der Waals surface area contributed by atoms with Crippen molar-refractivity contribution < 1.29 is 9.13 Å². The van der Waals surface area contributed by atoms with E-state index in [1.807, 2.05) is 38.1 Å². The molecule has 0 aliphatic heterocycles. The smallest absolute Gasteiger partial charge is 0.128 e. The summed E-state index contributed by atoms with van der Waals surface area (Å²) in [4.78, 5) is 0. The molecule has 0 saturated carbocycles. The molecule has 0 aliphatic carbocycles. The first-order chi connectivity index (χ1) is 10.2. The van der Waals surface area contributed by atoms with Crippen molar-refractivity contribution in [1.29, 1.82) is 0 Å². The molecule has 0 aromatic heterocycles. The minimum atomic E-state index is -0.265. The van der Waals surface area contributed by atoms with Crippen molar-refractivity contribution in [3.63, 3.8) is 0 Å². The van der Waals surface area contributed by atoms with E-state index in [0.29, 0.717) is 17.2 Å². The van der Waals surface area contributed by atoms with Gasteiger partial charge in [-0.2, -0.15) is 0 Å². The van der Waals surface area contributed by atoms with Gasteiger partial charge in [0.1, 0.15) is 11.6 Å². The van der Waals surface area contributed by atoms with E-state index >= 15 is 0 Å². The summed E-state index contributed by atoms with van der Waals surface area (Å²) in [5.41, 5.74) is 1.52. The van der Waals surface area contributed by atoms with Crippen LogP contribution in [0.1, 0.15) is 31.0 Å². The lowest BCUT2D eigenvalue weighted by molar-refractivity contribution is 0.340. The maximum absolute atomic E-state index is 14.1. The minimum Gasteiger partial charge on any atom is -0.494 e. The summed E-state index contributed by atoms with van der Waals surface area (Å²) in [6.07, 6.45) is 0. The van der Waals surface area contributed by atoms with Crippen LogP contribution in [0.5, 0.6) is 5.75 Å². The number of rotatable bonds is 6. The highest BCUT2D eigenvalue weighted by atomic mass is 35.5. The molecule has 1 atom stereocenters. The molecular formula is C17H19ClFNO. The van der Waals surface area contributed by atoms with Crippen LogP contribution >= 0.6 is 11.6 Å². The molecule has 2 aromatic carbocycles. The molecule has 112 valence electrons. The van der Waals surface area contributed by atoms with Crippen LogP contribution in [-0.4, -0.2) is 13.2 Å². The zero-order valence-corrected chi connectivity index (χ0v) is 13.0. The monoisotopic (exact) mass is 307 g/mol. The lowest BCUT2D eigenvalue weighted by atomic mass is 9.98. The number of hydrogen-bond donors (Lipinski definition) is 1. The molecule has 0 radical (unpaired) electrons. The third-order valence-corrected chi connectivity index (χ3v) is 3.44. The normalized spacial score (nSPS) is 12.2. The Morgan fingerprint density at radius 2 is 1.86 bits per heavy atom. The van der Waals surface area contributed by atoms with E-state index in [4.69, 9.17) is 16.3 Å². The third-order valence-electron chi connectivity index (χ3n) is 3.20. The first-order valence-corrected chi connectivity index (χ1v) is 7.44. The molecule has 1 unspecified atom stereocenters. The van der Waals surface area contributed by atoms with Crippen molar-refractivity contribution in [3.05, 3.63) is 64.4 Å². The van der Waals surface area contributed by atoms with Crippen LogP contribution in [0.3, 0.4) is 0 Å². The summed E-state index contributed by atoms with van der Waals surface area (Å²) >= 11 is 6.00. The van der Waals surface area contributed by atoms with Gasteiger partial charge in [0.25, 0.3) is 0 Å². The predicted octanol–water partition coefficient (Wildman–Crippen LogP) is 4.58. The van der Waals surface area contributed by atoms with Crippen molar-refractivity contribution in [2.24, 2.45) is 0 Å². The highest BCUT2D eigenvalue weighted by molar-refractivity contribution is 6.30. The van der Waals surface area contributed by atoms with Crippen LogP contribution < -0.4 is 10.1 Å². The van der Waals surface area contributed by atoms with Gasteiger partial charge in [0, 0.05) is 10.6 Å². The van der Waals surface area contributed by atoms with Crippen LogP contribution in [-0.2, 0) is 0 Å². The fourth-order valence-electron chi connectivity index (χ4n) is 2.27. The Labute approximate surface area is 129 Å². The summed E-state index contributed by atoms with van der Waals surface area (Å²) in [7, 11) is 0. The Kier molecular flexibility index (Phi) is 5.59. The summed E-state index contributed by atoms with van der Waals surface area (Å²) in [6.45, 7) is 5.28. The van der Waals surface area contributed by atoms with Crippen LogP contribution in [0.2, 0.25) is 5.02 Å². The minimum absolute atomic E-state index is 0.232. The van der Waals surface area contributed by atoms with E-state index in [2.05, 4.69) is 5.32 Å². The summed E-state index contributed by atoms with van der Waals surface area (Å²) in [6, 6.07) is 12.1. The van der Waals surface area contributed by atoms with Gasteiger partial charge in [-0.1, -0.05) is 30.7 Å². The van der Waals surface area contributed by atoms with Gasteiger partial charge in [0.2, 0.25) is 0 Å². The molecule has 0 fully saturated rings. The maximum atomic E-state index is 14.1. The molecular weight excluding hydrogens is 289 g/mol. The molecule has 0 bridgehead atoms. The molecule has 1 N–H and O–H groups in total. The molecule has 0 spiro atoms. The average molecular weight is 308 g/mol. The Morgan fingerprint density at radius 1 is 1.14 bits per heavy atom. The number of halogens is 2. The third kappa shape index (κ3) is 3.96. The van der Waals surface area contributed by atoms with Gasteiger partial charge < -0.3 is 10.1 Å². The molecule has 0 amide bonds. The quantitative estimate of drug-likeness (QED) is 0.843. The summed E-state index contributed by atoms with van der Waals surface area (Å²) < 4.78 is 19.5. The van der Waals surface area contributed by atoms with E-state index in [0.717, 1.165) is 17.9 Å². The number of hydrogen-bond acceptors (Lipinski definition) is 2. The van der Waals surface area contributed by atoms with Crippen LogP contribution in [0.25, 0.3) is 0 Å². The topological polar surface area (TPSA) is 21.3 Å². The average Bonchev–Trinajstić information content (AvgIpc) is 2.49. The standard InChI is InChI=1S/C17H19ClFNO/c1-3-20-17(15-11-13(18)7-10-16(15)19)12-5-8-14(9-6-12)21-4-2/h5-11,17,20H,3-4H2,1-2H3. The Morgan fingerprint density at radius 3 is 2.48 bits per heavy atom. The molecule has 2 nitrogen and oxygen atoms in total. The zero-order chi connectivity index (χ0) is 15.2. The van der Waals surface area contributed by atoms with E-state index in [9.17, 15) is 4.39 Å². The molecule has 0 saturated heterocycles. The first-order valence-electron chi connectivity index (χ1n) is 7.06. The second-order valence-electron chi connectivity index (χ2n) is 4.66. The van der Waals surface area contributed by atoms with Crippen molar-refractivity contribution in [1.82, 2.24) is 5.32 Å². The number of benzene rings is 2. The molecule has 21 heavy (non-hydrogen) atoms. The van der Waals surface area contributed by atoms with Crippen LogP contribution in [0, 0.1) is 5.82 Å². The lowest BCUT2D eigenvalue weighted by Gasteiger charge is -2.20. The number of nitrogens with one attached hydrogen (secondary N) is 1. The molecule has 2 rings (SSSR count). The largest absolute Gasteiger partial charge is 0.494 e. The SMILES string of the molecule is CCNC(c1ccc(OCC)cc1)c1cc(Cl)ccc1F. The van der Waals surface area contributed by atoms with Crippen molar-refractivity contribution in [3.8, 4) is 5.75 Å². The molecule has 4 heteroatoms. The van der Waals surface area contributed by atoms with E-state index in [1.54, 1.807) is 12.1 Å². The van der Waals surface area contributed by atoms with Gasteiger partial charge in [0.05, 0.1) is 12.6 Å². The second kappa shape index (κ2) is 7.43. The maximum Gasteiger partial charge on any atom is 0.128 e. The van der Waals surface area contributed by atoms with E-state index in [1.165, 1.54) is 6.07 Å². The summed E-state index contributed by atoms with van der Waals surface area (Å²) in [5.74, 6) is 0.544. The predicted molar refractivity (Wildman–Crippen MR) is 84.5 cm³/mol.